The van der Waals surface area contributed by atoms with Gasteiger partial charge in [-0.15, -0.1) is 0 Å². The Bertz CT molecular complexity index is 923. The molecule has 0 bridgehead atoms. The molecule has 1 aliphatic carbocycles. The lowest BCUT2D eigenvalue weighted by molar-refractivity contribution is -0.133. The molecule has 32 heavy (non-hydrogen) atoms. The van der Waals surface area contributed by atoms with Crippen LogP contribution >= 0.6 is 0 Å². The molecule has 1 saturated heterocycles. The summed E-state index contributed by atoms with van der Waals surface area (Å²) in [6.07, 6.45) is 7.79. The first-order valence-corrected chi connectivity index (χ1v) is 11.5. The van der Waals surface area contributed by atoms with Crippen LogP contribution in [0.2, 0.25) is 0 Å². The number of para-hydroxylation sites is 1. The average molecular weight is 435 g/mol. The highest BCUT2D eigenvalue weighted by Gasteiger charge is 2.38. The van der Waals surface area contributed by atoms with Crippen molar-refractivity contribution in [2.24, 2.45) is 11.8 Å². The number of aldehydes is 1. The minimum atomic E-state index is -0.374. The zero-order chi connectivity index (χ0) is 22.3. The highest BCUT2D eigenvalue weighted by Crippen LogP contribution is 2.37. The summed E-state index contributed by atoms with van der Waals surface area (Å²) in [4.78, 5) is 38.5. The summed E-state index contributed by atoms with van der Waals surface area (Å²) in [5.41, 5.74) is 0.451. The molecule has 168 valence electrons. The fraction of sp³-hybridized carbons (Fsp3) is 0.423. The van der Waals surface area contributed by atoms with E-state index in [9.17, 15) is 14.4 Å². The van der Waals surface area contributed by atoms with E-state index in [0.29, 0.717) is 29.7 Å². The molecular weight excluding hydrogens is 404 g/mol. The number of likely N-dealkylation sites (tertiary alicyclic amines) is 1. The number of nitrogens with zero attached hydrogens (tertiary/aromatic N) is 1. The Morgan fingerprint density at radius 1 is 0.938 bits per heavy atom. The molecular formula is C26H30N2O4. The molecule has 0 aromatic heterocycles. The molecule has 2 aromatic carbocycles. The van der Waals surface area contributed by atoms with Crippen LogP contribution in [0.4, 0.5) is 0 Å². The van der Waals surface area contributed by atoms with Gasteiger partial charge < -0.3 is 19.7 Å². The Morgan fingerprint density at radius 2 is 1.62 bits per heavy atom. The zero-order valence-electron chi connectivity index (χ0n) is 18.2. The third-order valence-electron chi connectivity index (χ3n) is 6.67. The summed E-state index contributed by atoms with van der Waals surface area (Å²) in [6, 6.07) is 15.8. The summed E-state index contributed by atoms with van der Waals surface area (Å²) < 4.78 is 5.74. The SMILES string of the molecule is O=CC1CC(C2CCCCC2)CN1C(=O)CNC(=O)c1ccc(Oc2ccccc2)cc1. The summed E-state index contributed by atoms with van der Waals surface area (Å²) in [5.74, 6) is 1.83. The van der Waals surface area contributed by atoms with Crippen LogP contribution in [-0.2, 0) is 9.59 Å². The van der Waals surface area contributed by atoms with Gasteiger partial charge in [0.1, 0.15) is 17.8 Å². The molecule has 1 N–H and O–H groups in total. The van der Waals surface area contributed by atoms with Crippen LogP contribution in [0.25, 0.3) is 0 Å². The van der Waals surface area contributed by atoms with Crippen molar-refractivity contribution >= 4 is 18.1 Å². The minimum absolute atomic E-state index is 0.108. The Kier molecular flexibility index (Phi) is 7.20. The molecule has 2 aromatic rings. The van der Waals surface area contributed by atoms with Crippen LogP contribution in [0.5, 0.6) is 11.5 Å². The predicted molar refractivity (Wildman–Crippen MR) is 122 cm³/mol. The molecule has 2 fully saturated rings. The second kappa shape index (κ2) is 10.4. The minimum Gasteiger partial charge on any atom is -0.457 e. The van der Waals surface area contributed by atoms with Crippen molar-refractivity contribution in [1.29, 1.82) is 0 Å². The topological polar surface area (TPSA) is 75.7 Å². The van der Waals surface area contributed by atoms with Crippen molar-refractivity contribution in [3.05, 3.63) is 60.2 Å². The van der Waals surface area contributed by atoms with Gasteiger partial charge in [-0.25, -0.2) is 0 Å². The first-order valence-electron chi connectivity index (χ1n) is 11.5. The number of rotatable bonds is 7. The van der Waals surface area contributed by atoms with Crippen LogP contribution in [0.15, 0.2) is 54.6 Å². The monoisotopic (exact) mass is 434 g/mol. The number of hydrogen-bond acceptors (Lipinski definition) is 4. The largest absolute Gasteiger partial charge is 0.457 e. The molecule has 0 spiro atoms. The third kappa shape index (κ3) is 5.36. The van der Waals surface area contributed by atoms with Crippen LogP contribution in [0.1, 0.15) is 48.9 Å². The molecule has 1 heterocycles. The Balaban J connectivity index is 1.29. The van der Waals surface area contributed by atoms with E-state index < -0.39 is 0 Å². The molecule has 6 heteroatoms. The van der Waals surface area contributed by atoms with Gasteiger partial charge in [-0.1, -0.05) is 50.3 Å². The maximum Gasteiger partial charge on any atom is 0.251 e. The van der Waals surface area contributed by atoms with E-state index >= 15 is 0 Å². The maximum atomic E-state index is 12.8. The molecule has 2 atom stereocenters. The van der Waals surface area contributed by atoms with Gasteiger partial charge in [-0.2, -0.15) is 0 Å². The van der Waals surface area contributed by atoms with E-state index in [1.165, 1.54) is 32.1 Å². The second-order valence-electron chi connectivity index (χ2n) is 8.77. The van der Waals surface area contributed by atoms with Crippen molar-refractivity contribution in [1.82, 2.24) is 10.2 Å². The van der Waals surface area contributed by atoms with Crippen LogP contribution < -0.4 is 10.1 Å². The van der Waals surface area contributed by atoms with E-state index in [2.05, 4.69) is 5.32 Å². The van der Waals surface area contributed by atoms with Crippen molar-refractivity contribution in [2.75, 3.05) is 13.1 Å². The third-order valence-corrected chi connectivity index (χ3v) is 6.67. The lowest BCUT2D eigenvalue weighted by atomic mass is 9.79. The van der Waals surface area contributed by atoms with Gasteiger partial charge in [-0.05, 0) is 54.7 Å². The molecule has 0 radical (unpaired) electrons. The number of carbonyl (C=O) groups is 3. The van der Waals surface area contributed by atoms with Crippen molar-refractivity contribution in [2.45, 2.75) is 44.6 Å². The van der Waals surface area contributed by atoms with E-state index in [0.717, 1.165) is 18.5 Å². The standard InChI is InChI=1S/C26H30N2O4/c29-18-22-15-21(19-7-3-1-4-8-19)17-28(22)25(30)16-27-26(31)20-11-13-24(14-12-20)32-23-9-5-2-6-10-23/h2,5-6,9-14,18-19,21-22H,1,3-4,7-8,15-17H2,(H,27,31). The molecule has 6 nitrogen and oxygen atoms in total. The van der Waals surface area contributed by atoms with Gasteiger partial charge in [0.2, 0.25) is 5.91 Å². The van der Waals surface area contributed by atoms with Gasteiger partial charge >= 0.3 is 0 Å². The number of carbonyl (C=O) groups excluding carboxylic acids is 3. The number of benzene rings is 2. The summed E-state index contributed by atoms with van der Waals surface area (Å²) >= 11 is 0. The fourth-order valence-corrected chi connectivity index (χ4v) is 4.92. The first-order chi connectivity index (χ1) is 15.6. The Morgan fingerprint density at radius 3 is 2.31 bits per heavy atom. The molecule has 1 saturated carbocycles. The smallest absolute Gasteiger partial charge is 0.251 e. The van der Waals surface area contributed by atoms with Crippen LogP contribution in [-0.4, -0.2) is 42.1 Å². The lowest BCUT2D eigenvalue weighted by Crippen LogP contribution is -2.43. The fourth-order valence-electron chi connectivity index (χ4n) is 4.92. The van der Waals surface area contributed by atoms with Crippen molar-refractivity contribution in [3.8, 4) is 11.5 Å². The molecule has 4 rings (SSSR count). The number of ether oxygens (including phenoxy) is 1. The highest BCUT2D eigenvalue weighted by atomic mass is 16.5. The van der Waals surface area contributed by atoms with Gasteiger partial charge in [0.15, 0.2) is 0 Å². The zero-order valence-corrected chi connectivity index (χ0v) is 18.2. The normalized spacial score (nSPS) is 21.2. The van der Waals surface area contributed by atoms with E-state index in [4.69, 9.17) is 4.74 Å². The molecule has 2 amide bonds. The van der Waals surface area contributed by atoms with E-state index in [1.807, 2.05) is 30.3 Å². The average Bonchev–Trinajstić information content (AvgIpc) is 3.29. The molecule has 2 unspecified atom stereocenters. The summed E-state index contributed by atoms with van der Waals surface area (Å²) in [5, 5.41) is 2.70. The quantitative estimate of drug-likeness (QED) is 0.663. The van der Waals surface area contributed by atoms with Gasteiger partial charge in [0, 0.05) is 12.1 Å². The van der Waals surface area contributed by atoms with Gasteiger partial charge in [0.05, 0.1) is 12.6 Å². The van der Waals surface area contributed by atoms with E-state index in [1.54, 1.807) is 29.2 Å². The van der Waals surface area contributed by atoms with Crippen molar-refractivity contribution in [3.63, 3.8) is 0 Å². The number of hydrogen-bond donors (Lipinski definition) is 1. The van der Waals surface area contributed by atoms with Crippen LogP contribution in [0.3, 0.4) is 0 Å². The second-order valence-corrected chi connectivity index (χ2v) is 8.77. The van der Waals surface area contributed by atoms with Gasteiger partial charge in [0.25, 0.3) is 5.91 Å². The Labute approximate surface area is 188 Å². The number of amides is 2. The Hall–Kier alpha value is -3.15. The van der Waals surface area contributed by atoms with E-state index in [-0.39, 0.29) is 24.4 Å². The van der Waals surface area contributed by atoms with Gasteiger partial charge in [-0.3, -0.25) is 9.59 Å². The highest BCUT2D eigenvalue weighted by molar-refractivity contribution is 5.96. The van der Waals surface area contributed by atoms with Crippen LogP contribution in [0, 0.1) is 11.8 Å². The summed E-state index contributed by atoms with van der Waals surface area (Å²) in [6.45, 7) is 0.511. The first kappa shape index (κ1) is 22.1. The predicted octanol–water partition coefficient (Wildman–Crippen LogP) is 4.21. The molecule has 2 aliphatic rings. The number of nitrogens with one attached hydrogen (secondary N) is 1. The van der Waals surface area contributed by atoms with Crippen molar-refractivity contribution < 1.29 is 19.1 Å². The molecule has 1 aliphatic heterocycles. The lowest BCUT2D eigenvalue weighted by Gasteiger charge is -2.27. The maximum absolute atomic E-state index is 12.8. The summed E-state index contributed by atoms with van der Waals surface area (Å²) in [7, 11) is 0.